The minimum atomic E-state index is -0.356. The van der Waals surface area contributed by atoms with Crippen LogP contribution in [0.15, 0.2) is 51.4 Å². The topological polar surface area (TPSA) is 106 Å². The van der Waals surface area contributed by atoms with Gasteiger partial charge in [0.1, 0.15) is 6.61 Å². The third kappa shape index (κ3) is 4.65. The molecule has 0 bridgehead atoms. The van der Waals surface area contributed by atoms with Crippen molar-refractivity contribution in [3.05, 3.63) is 58.3 Å². The van der Waals surface area contributed by atoms with Gasteiger partial charge in [0.05, 0.1) is 43.4 Å². The van der Waals surface area contributed by atoms with Gasteiger partial charge >= 0.3 is 5.97 Å². The first-order valence-electron chi connectivity index (χ1n) is 9.84. The number of fused-ring (bicyclic) bond motifs is 1. The lowest BCUT2D eigenvalue weighted by Gasteiger charge is -2.10. The molecular formula is C22H21N3O6S. The Balaban J connectivity index is 1.32. The summed E-state index contributed by atoms with van der Waals surface area (Å²) in [6.07, 6.45) is 3.66. The highest BCUT2D eigenvalue weighted by molar-refractivity contribution is 7.13. The number of thiazole rings is 1. The van der Waals surface area contributed by atoms with E-state index in [1.54, 1.807) is 24.5 Å². The average Bonchev–Trinajstić information content (AvgIpc) is 3.50. The Hall–Kier alpha value is -3.66. The van der Waals surface area contributed by atoms with Crippen molar-refractivity contribution < 1.29 is 23.4 Å². The first kappa shape index (κ1) is 21.6. The van der Waals surface area contributed by atoms with E-state index in [0.29, 0.717) is 46.8 Å². The number of aromatic nitrogens is 3. The minimum Gasteiger partial charge on any atom is -0.493 e. The molecule has 0 saturated heterocycles. The fourth-order valence-electron chi connectivity index (χ4n) is 3.15. The maximum absolute atomic E-state index is 12.8. The second-order valence-corrected chi connectivity index (χ2v) is 7.71. The number of nitrogens with zero attached hydrogens (tertiary/aromatic N) is 3. The van der Waals surface area contributed by atoms with E-state index in [1.807, 2.05) is 11.4 Å². The van der Waals surface area contributed by atoms with Gasteiger partial charge in [0.2, 0.25) is 0 Å². The van der Waals surface area contributed by atoms with Crippen molar-refractivity contribution in [3.63, 3.8) is 0 Å². The Bertz CT molecular complexity index is 1280. The molecule has 10 heteroatoms. The predicted octanol–water partition coefficient (Wildman–Crippen LogP) is 3.65. The largest absolute Gasteiger partial charge is 0.493 e. The number of carbonyl (C=O) groups excluding carboxylic acids is 1. The van der Waals surface area contributed by atoms with Crippen LogP contribution in [-0.2, 0) is 22.7 Å². The van der Waals surface area contributed by atoms with Gasteiger partial charge in [-0.05, 0) is 24.6 Å². The quantitative estimate of drug-likeness (QED) is 0.352. The van der Waals surface area contributed by atoms with Crippen LogP contribution in [0.5, 0.6) is 11.5 Å². The van der Waals surface area contributed by atoms with E-state index >= 15 is 0 Å². The molecule has 0 N–H and O–H groups in total. The summed E-state index contributed by atoms with van der Waals surface area (Å²) in [5.74, 6) is 1.28. The SMILES string of the molecule is COc1cc2ncn(CCCC(=O)OCc3csc(-c4ccco4)n3)c(=O)c2cc1OC. The van der Waals surface area contributed by atoms with Crippen LogP contribution < -0.4 is 15.0 Å². The smallest absolute Gasteiger partial charge is 0.306 e. The van der Waals surface area contributed by atoms with E-state index in [4.69, 9.17) is 18.6 Å². The third-order valence-corrected chi connectivity index (χ3v) is 5.68. The number of carbonyl (C=O) groups is 1. The zero-order chi connectivity index (χ0) is 22.5. The highest BCUT2D eigenvalue weighted by Gasteiger charge is 2.12. The molecule has 0 aliphatic rings. The van der Waals surface area contributed by atoms with E-state index in [2.05, 4.69) is 9.97 Å². The molecule has 32 heavy (non-hydrogen) atoms. The van der Waals surface area contributed by atoms with Gasteiger partial charge < -0.3 is 18.6 Å². The summed E-state index contributed by atoms with van der Waals surface area (Å²) in [6, 6.07) is 6.89. The molecular weight excluding hydrogens is 434 g/mol. The first-order chi connectivity index (χ1) is 15.6. The van der Waals surface area contributed by atoms with Gasteiger partial charge in [-0.1, -0.05) is 0 Å². The number of esters is 1. The summed E-state index contributed by atoms with van der Waals surface area (Å²) < 4.78 is 22.6. The standard InChI is InChI=1S/C22H21N3O6S/c1-28-18-9-15-16(10-19(18)29-2)23-13-25(22(15)27)7-3-6-20(26)31-11-14-12-32-21(24-14)17-5-4-8-30-17/h4-5,8-10,12-13H,3,6-7,11H2,1-2H3. The lowest BCUT2D eigenvalue weighted by molar-refractivity contribution is -0.145. The zero-order valence-corrected chi connectivity index (χ0v) is 18.4. The van der Waals surface area contributed by atoms with Crippen molar-refractivity contribution in [1.82, 2.24) is 14.5 Å². The van der Waals surface area contributed by atoms with Crippen LogP contribution in [0.3, 0.4) is 0 Å². The minimum absolute atomic E-state index is 0.0924. The molecule has 0 amide bonds. The van der Waals surface area contributed by atoms with E-state index in [-0.39, 0.29) is 24.6 Å². The third-order valence-electron chi connectivity index (χ3n) is 4.77. The van der Waals surface area contributed by atoms with Gasteiger partial charge in [0.15, 0.2) is 22.3 Å². The lowest BCUT2D eigenvalue weighted by Crippen LogP contribution is -2.21. The van der Waals surface area contributed by atoms with Crippen LogP contribution in [0.25, 0.3) is 21.7 Å². The molecule has 3 heterocycles. The molecule has 3 aromatic heterocycles. The first-order valence-corrected chi connectivity index (χ1v) is 10.7. The zero-order valence-electron chi connectivity index (χ0n) is 17.6. The van der Waals surface area contributed by atoms with Crippen molar-refractivity contribution in [2.75, 3.05) is 14.2 Å². The van der Waals surface area contributed by atoms with Crippen LogP contribution in [-0.4, -0.2) is 34.7 Å². The lowest BCUT2D eigenvalue weighted by atomic mass is 10.2. The van der Waals surface area contributed by atoms with Crippen LogP contribution in [0.4, 0.5) is 0 Å². The molecule has 1 aromatic carbocycles. The summed E-state index contributed by atoms with van der Waals surface area (Å²) in [5, 5.41) is 2.98. The van der Waals surface area contributed by atoms with Crippen LogP contribution in [0, 0.1) is 0 Å². The number of benzene rings is 1. The Labute approximate surface area is 187 Å². The maximum atomic E-state index is 12.8. The molecule has 0 aliphatic heterocycles. The molecule has 4 aromatic rings. The summed E-state index contributed by atoms with van der Waals surface area (Å²) in [6.45, 7) is 0.430. The summed E-state index contributed by atoms with van der Waals surface area (Å²) in [5.41, 5.74) is 0.965. The Morgan fingerprint density at radius 3 is 2.78 bits per heavy atom. The van der Waals surface area contributed by atoms with Gasteiger partial charge in [0.25, 0.3) is 5.56 Å². The van der Waals surface area contributed by atoms with Crippen LogP contribution in [0.2, 0.25) is 0 Å². The fraction of sp³-hybridized carbons (Fsp3) is 0.273. The van der Waals surface area contributed by atoms with Gasteiger partial charge in [-0.2, -0.15) is 0 Å². The van der Waals surface area contributed by atoms with Crippen molar-refractivity contribution in [3.8, 4) is 22.3 Å². The normalized spacial score (nSPS) is 10.9. The van der Waals surface area contributed by atoms with E-state index in [9.17, 15) is 9.59 Å². The Morgan fingerprint density at radius 2 is 2.03 bits per heavy atom. The molecule has 0 radical (unpaired) electrons. The van der Waals surface area contributed by atoms with E-state index < -0.39 is 0 Å². The number of rotatable bonds is 9. The molecule has 0 spiro atoms. The molecule has 0 saturated carbocycles. The van der Waals surface area contributed by atoms with Crippen LogP contribution in [0.1, 0.15) is 18.5 Å². The van der Waals surface area contributed by atoms with Gasteiger partial charge in [-0.25, -0.2) is 9.97 Å². The van der Waals surface area contributed by atoms with Crippen molar-refractivity contribution in [2.24, 2.45) is 0 Å². The van der Waals surface area contributed by atoms with Gasteiger partial charge in [-0.3, -0.25) is 14.2 Å². The second kappa shape index (κ2) is 9.65. The number of furan rings is 1. The predicted molar refractivity (Wildman–Crippen MR) is 118 cm³/mol. The fourth-order valence-corrected chi connectivity index (χ4v) is 3.92. The number of ether oxygens (including phenoxy) is 3. The summed E-state index contributed by atoms with van der Waals surface area (Å²) >= 11 is 1.42. The summed E-state index contributed by atoms with van der Waals surface area (Å²) in [4.78, 5) is 33.6. The van der Waals surface area contributed by atoms with Crippen molar-refractivity contribution >= 4 is 28.2 Å². The monoisotopic (exact) mass is 455 g/mol. The molecule has 0 aliphatic carbocycles. The number of hydrogen-bond donors (Lipinski definition) is 0. The Kier molecular flexibility index (Phi) is 6.50. The highest BCUT2D eigenvalue weighted by Crippen LogP contribution is 2.29. The highest BCUT2D eigenvalue weighted by atomic mass is 32.1. The van der Waals surface area contributed by atoms with Gasteiger partial charge in [0, 0.05) is 24.4 Å². The number of methoxy groups -OCH3 is 2. The summed E-state index contributed by atoms with van der Waals surface area (Å²) in [7, 11) is 3.03. The average molecular weight is 455 g/mol. The number of aryl methyl sites for hydroxylation is 1. The molecule has 9 nitrogen and oxygen atoms in total. The molecule has 0 atom stereocenters. The second-order valence-electron chi connectivity index (χ2n) is 6.85. The van der Waals surface area contributed by atoms with E-state index in [1.165, 1.54) is 36.5 Å². The van der Waals surface area contributed by atoms with E-state index in [0.717, 1.165) is 5.01 Å². The number of hydrogen-bond acceptors (Lipinski definition) is 9. The maximum Gasteiger partial charge on any atom is 0.306 e. The van der Waals surface area contributed by atoms with Crippen molar-refractivity contribution in [2.45, 2.75) is 26.0 Å². The molecule has 4 rings (SSSR count). The van der Waals surface area contributed by atoms with Crippen molar-refractivity contribution in [1.29, 1.82) is 0 Å². The molecule has 0 fully saturated rings. The molecule has 0 unspecified atom stereocenters. The Morgan fingerprint density at radius 1 is 1.22 bits per heavy atom. The van der Waals surface area contributed by atoms with Crippen LogP contribution >= 0.6 is 11.3 Å². The van der Waals surface area contributed by atoms with Gasteiger partial charge in [-0.15, -0.1) is 11.3 Å². The molecule has 166 valence electrons.